The van der Waals surface area contributed by atoms with Gasteiger partial charge in [0.1, 0.15) is 0 Å². The Kier molecular flexibility index (Phi) is 3.76. The summed E-state index contributed by atoms with van der Waals surface area (Å²) < 4.78 is 0. The summed E-state index contributed by atoms with van der Waals surface area (Å²) in [6, 6.07) is 0.259. The molecular formula is C9H17N3O. The highest BCUT2D eigenvalue weighted by atomic mass is 16.2. The van der Waals surface area contributed by atoms with E-state index >= 15 is 0 Å². The van der Waals surface area contributed by atoms with Crippen LogP contribution < -0.4 is 11.1 Å². The molecule has 0 bridgehead atoms. The second-order valence-electron chi connectivity index (χ2n) is 3.30. The van der Waals surface area contributed by atoms with E-state index in [2.05, 4.69) is 11.9 Å². The topological polar surface area (TPSA) is 58.4 Å². The molecule has 0 saturated carbocycles. The Balaban J connectivity index is 2.27. The van der Waals surface area contributed by atoms with Crippen LogP contribution in [0.25, 0.3) is 0 Å². The van der Waals surface area contributed by atoms with Crippen molar-refractivity contribution in [2.75, 3.05) is 19.6 Å². The highest BCUT2D eigenvalue weighted by molar-refractivity contribution is 5.74. The molecule has 1 aliphatic rings. The van der Waals surface area contributed by atoms with Crippen molar-refractivity contribution in [1.29, 1.82) is 0 Å². The number of piperidine rings is 1. The molecule has 1 fully saturated rings. The Labute approximate surface area is 78.8 Å². The quantitative estimate of drug-likeness (QED) is 0.605. The number of carbonyl (C=O) groups excluding carboxylic acids is 1. The lowest BCUT2D eigenvalue weighted by atomic mass is 10.1. The van der Waals surface area contributed by atoms with E-state index in [4.69, 9.17) is 5.73 Å². The van der Waals surface area contributed by atoms with Crippen molar-refractivity contribution in [3.8, 4) is 0 Å². The van der Waals surface area contributed by atoms with Gasteiger partial charge in [0.05, 0.1) is 0 Å². The molecule has 0 unspecified atom stereocenters. The monoisotopic (exact) mass is 183 g/mol. The molecule has 4 nitrogen and oxygen atoms in total. The Bertz CT molecular complexity index is 185. The van der Waals surface area contributed by atoms with Crippen LogP contribution in [0.5, 0.6) is 0 Å². The molecule has 2 amide bonds. The zero-order valence-electron chi connectivity index (χ0n) is 7.83. The van der Waals surface area contributed by atoms with Gasteiger partial charge in [-0.2, -0.15) is 0 Å². The van der Waals surface area contributed by atoms with Gasteiger partial charge in [0, 0.05) is 25.7 Å². The molecule has 4 heteroatoms. The van der Waals surface area contributed by atoms with Crippen molar-refractivity contribution in [2.24, 2.45) is 5.73 Å². The average Bonchev–Trinajstić information content (AvgIpc) is 2.15. The van der Waals surface area contributed by atoms with E-state index in [1.165, 1.54) is 0 Å². The van der Waals surface area contributed by atoms with Crippen LogP contribution >= 0.6 is 0 Å². The fraction of sp³-hybridized carbons (Fsp3) is 0.667. The molecule has 1 rings (SSSR count). The maximum absolute atomic E-state index is 11.4. The van der Waals surface area contributed by atoms with Gasteiger partial charge >= 0.3 is 6.03 Å². The Morgan fingerprint density at radius 3 is 2.77 bits per heavy atom. The molecule has 0 radical (unpaired) electrons. The van der Waals surface area contributed by atoms with E-state index in [1.54, 1.807) is 11.0 Å². The summed E-state index contributed by atoms with van der Waals surface area (Å²) in [5.41, 5.74) is 5.72. The van der Waals surface area contributed by atoms with Gasteiger partial charge in [-0.1, -0.05) is 6.08 Å². The molecule has 0 aromatic heterocycles. The van der Waals surface area contributed by atoms with Crippen LogP contribution in [0.4, 0.5) is 4.79 Å². The zero-order valence-corrected chi connectivity index (χ0v) is 7.83. The first-order valence-corrected chi connectivity index (χ1v) is 4.63. The minimum atomic E-state index is -0.00759. The molecule has 1 saturated heterocycles. The number of likely N-dealkylation sites (tertiary alicyclic amines) is 1. The first-order valence-electron chi connectivity index (χ1n) is 4.63. The maximum atomic E-state index is 11.4. The molecule has 0 aromatic rings. The van der Waals surface area contributed by atoms with Gasteiger partial charge in [-0.3, -0.25) is 0 Å². The average molecular weight is 183 g/mol. The summed E-state index contributed by atoms with van der Waals surface area (Å²) in [7, 11) is 0. The molecule has 0 aromatic carbocycles. The Morgan fingerprint density at radius 2 is 2.23 bits per heavy atom. The zero-order chi connectivity index (χ0) is 9.68. The van der Waals surface area contributed by atoms with Crippen LogP contribution in [-0.2, 0) is 0 Å². The minimum absolute atomic E-state index is 0.00759. The van der Waals surface area contributed by atoms with E-state index in [9.17, 15) is 4.79 Å². The van der Waals surface area contributed by atoms with Crippen molar-refractivity contribution in [3.05, 3.63) is 12.7 Å². The number of rotatable bonds is 2. The van der Waals surface area contributed by atoms with E-state index in [0.29, 0.717) is 6.54 Å². The van der Waals surface area contributed by atoms with Gasteiger partial charge in [-0.25, -0.2) is 4.79 Å². The van der Waals surface area contributed by atoms with Crippen LogP contribution in [0.2, 0.25) is 0 Å². The van der Waals surface area contributed by atoms with Crippen LogP contribution in [0, 0.1) is 0 Å². The third-order valence-electron chi connectivity index (χ3n) is 2.22. The second kappa shape index (κ2) is 4.87. The van der Waals surface area contributed by atoms with E-state index in [-0.39, 0.29) is 12.1 Å². The third-order valence-corrected chi connectivity index (χ3v) is 2.22. The van der Waals surface area contributed by atoms with Crippen molar-refractivity contribution in [1.82, 2.24) is 10.2 Å². The lowest BCUT2D eigenvalue weighted by molar-refractivity contribution is 0.183. The Morgan fingerprint density at radius 1 is 1.62 bits per heavy atom. The largest absolute Gasteiger partial charge is 0.335 e. The highest BCUT2D eigenvalue weighted by Crippen LogP contribution is 2.07. The summed E-state index contributed by atoms with van der Waals surface area (Å²) in [5, 5.41) is 2.74. The first-order chi connectivity index (χ1) is 6.24. The van der Waals surface area contributed by atoms with Gasteiger partial charge in [-0.05, 0) is 12.8 Å². The number of amides is 2. The molecule has 0 atom stereocenters. The molecule has 1 aliphatic heterocycles. The summed E-state index contributed by atoms with van der Waals surface area (Å²) in [5.74, 6) is 0. The number of hydrogen-bond donors (Lipinski definition) is 2. The van der Waals surface area contributed by atoms with Gasteiger partial charge in [0.15, 0.2) is 0 Å². The van der Waals surface area contributed by atoms with E-state index in [0.717, 1.165) is 25.9 Å². The summed E-state index contributed by atoms with van der Waals surface area (Å²) in [6.07, 6.45) is 3.48. The molecule has 3 N–H and O–H groups in total. The second-order valence-corrected chi connectivity index (χ2v) is 3.30. The van der Waals surface area contributed by atoms with Gasteiger partial charge < -0.3 is 16.0 Å². The van der Waals surface area contributed by atoms with Crippen LogP contribution in [-0.4, -0.2) is 36.6 Å². The van der Waals surface area contributed by atoms with Crippen molar-refractivity contribution < 1.29 is 4.79 Å². The first kappa shape index (κ1) is 10.1. The number of nitrogens with two attached hydrogens (primary N) is 1. The molecule has 13 heavy (non-hydrogen) atoms. The number of nitrogens with zero attached hydrogens (tertiary/aromatic N) is 1. The van der Waals surface area contributed by atoms with Gasteiger partial charge in [-0.15, -0.1) is 6.58 Å². The maximum Gasteiger partial charge on any atom is 0.317 e. The number of nitrogens with one attached hydrogen (secondary N) is 1. The predicted octanol–water partition coefficient (Wildman–Crippen LogP) is 0.305. The summed E-state index contributed by atoms with van der Waals surface area (Å²) in [6.45, 7) is 5.60. The molecule has 1 heterocycles. The standard InChI is InChI=1S/C9H17N3O/c1-2-5-11-9(13)12-6-3-8(10)4-7-12/h2,8H,1,3-7,10H2,(H,11,13). The Hall–Kier alpha value is -1.03. The minimum Gasteiger partial charge on any atom is -0.335 e. The summed E-state index contributed by atoms with van der Waals surface area (Å²) in [4.78, 5) is 13.2. The predicted molar refractivity (Wildman–Crippen MR) is 52.4 cm³/mol. The lowest BCUT2D eigenvalue weighted by Crippen LogP contribution is -2.47. The fourth-order valence-corrected chi connectivity index (χ4v) is 1.37. The normalized spacial score (nSPS) is 18.4. The van der Waals surface area contributed by atoms with Crippen molar-refractivity contribution >= 4 is 6.03 Å². The van der Waals surface area contributed by atoms with Crippen molar-refractivity contribution in [2.45, 2.75) is 18.9 Å². The molecule has 0 spiro atoms. The lowest BCUT2D eigenvalue weighted by Gasteiger charge is -2.29. The van der Waals surface area contributed by atoms with E-state index in [1.807, 2.05) is 0 Å². The highest BCUT2D eigenvalue weighted by Gasteiger charge is 2.19. The van der Waals surface area contributed by atoms with Crippen LogP contribution in [0.15, 0.2) is 12.7 Å². The summed E-state index contributed by atoms with van der Waals surface area (Å²) >= 11 is 0. The third kappa shape index (κ3) is 3.06. The van der Waals surface area contributed by atoms with Gasteiger partial charge in [0.2, 0.25) is 0 Å². The van der Waals surface area contributed by atoms with E-state index < -0.39 is 0 Å². The fourth-order valence-electron chi connectivity index (χ4n) is 1.37. The van der Waals surface area contributed by atoms with Crippen molar-refractivity contribution in [3.63, 3.8) is 0 Å². The number of urea groups is 1. The van der Waals surface area contributed by atoms with Crippen LogP contribution in [0.3, 0.4) is 0 Å². The molecule has 74 valence electrons. The number of carbonyl (C=O) groups is 1. The number of hydrogen-bond acceptors (Lipinski definition) is 2. The van der Waals surface area contributed by atoms with Gasteiger partial charge in [0.25, 0.3) is 0 Å². The molecule has 0 aliphatic carbocycles. The smallest absolute Gasteiger partial charge is 0.317 e. The van der Waals surface area contributed by atoms with Crippen LogP contribution in [0.1, 0.15) is 12.8 Å². The molecular weight excluding hydrogens is 166 g/mol. The SMILES string of the molecule is C=CCNC(=O)N1CCC(N)CC1.